The molecule has 0 fully saturated rings. The van der Waals surface area contributed by atoms with E-state index in [1.54, 1.807) is 0 Å². The number of halogens is 3. The fourth-order valence-corrected chi connectivity index (χ4v) is 1.62. The molecule has 1 heterocycles. The molecule has 1 aromatic heterocycles. The van der Waals surface area contributed by atoms with Crippen molar-refractivity contribution in [3.63, 3.8) is 0 Å². The first kappa shape index (κ1) is 16.9. The van der Waals surface area contributed by atoms with Crippen molar-refractivity contribution in [3.8, 4) is 0 Å². The highest BCUT2D eigenvalue weighted by Gasteiger charge is 2.43. The summed E-state index contributed by atoms with van der Waals surface area (Å²) < 4.78 is 39.1. The van der Waals surface area contributed by atoms with Gasteiger partial charge in [0.25, 0.3) is 0 Å². The van der Waals surface area contributed by atoms with Gasteiger partial charge < -0.3 is 10.4 Å². The number of unbranched alkanes of at least 4 members (excludes halogenated alkanes) is 1. The minimum absolute atomic E-state index is 0.282. The Morgan fingerprint density at radius 3 is 2.52 bits per heavy atom. The van der Waals surface area contributed by atoms with Gasteiger partial charge in [-0.25, -0.2) is 9.48 Å². The maximum absolute atomic E-state index is 12.9. The predicted molar refractivity (Wildman–Crippen MR) is 64.6 cm³/mol. The van der Waals surface area contributed by atoms with E-state index in [0.717, 1.165) is 6.42 Å². The van der Waals surface area contributed by atoms with E-state index in [9.17, 15) is 22.8 Å². The summed E-state index contributed by atoms with van der Waals surface area (Å²) in [5.41, 5.74) is -2.77. The van der Waals surface area contributed by atoms with Crippen LogP contribution in [0.15, 0.2) is 0 Å². The summed E-state index contributed by atoms with van der Waals surface area (Å²) in [5.74, 6) is -2.54. The monoisotopic (exact) mass is 308 g/mol. The number of alkyl halides is 3. The van der Waals surface area contributed by atoms with Crippen molar-refractivity contribution in [2.45, 2.75) is 38.9 Å². The molecular formula is C11H15F3N4O3. The summed E-state index contributed by atoms with van der Waals surface area (Å²) in [5, 5.41) is 17.3. The third kappa shape index (κ3) is 3.92. The third-order valence-corrected chi connectivity index (χ3v) is 2.74. The molecule has 1 rings (SSSR count). The Labute approximate surface area is 118 Å². The number of hydrogen-bond donors (Lipinski definition) is 2. The molecule has 0 aliphatic heterocycles. The van der Waals surface area contributed by atoms with E-state index in [4.69, 9.17) is 5.11 Å². The van der Waals surface area contributed by atoms with Gasteiger partial charge in [0.15, 0.2) is 5.69 Å². The topological polar surface area (TPSA) is 97.1 Å². The molecule has 10 heteroatoms. The zero-order chi connectivity index (χ0) is 16.2. The van der Waals surface area contributed by atoms with Crippen molar-refractivity contribution in [1.29, 1.82) is 0 Å². The van der Waals surface area contributed by atoms with Crippen LogP contribution in [0.5, 0.6) is 0 Å². The highest BCUT2D eigenvalue weighted by molar-refractivity contribution is 5.87. The molecule has 0 aliphatic rings. The lowest BCUT2D eigenvalue weighted by atomic mass is 10.2. The van der Waals surface area contributed by atoms with Crippen LogP contribution in [0.25, 0.3) is 0 Å². The summed E-state index contributed by atoms with van der Waals surface area (Å²) in [6, 6.07) is -1.32. The first-order chi connectivity index (χ1) is 9.70. The minimum Gasteiger partial charge on any atom is -0.476 e. The number of nitrogens with zero attached hydrogens (tertiary/aromatic N) is 3. The maximum Gasteiger partial charge on any atom is 0.435 e. The van der Waals surface area contributed by atoms with E-state index in [0.29, 0.717) is 13.0 Å². The first-order valence-corrected chi connectivity index (χ1v) is 6.23. The van der Waals surface area contributed by atoms with E-state index in [2.05, 4.69) is 15.6 Å². The van der Waals surface area contributed by atoms with Gasteiger partial charge in [0.2, 0.25) is 11.6 Å². The molecule has 2 N–H and O–H groups in total. The molecule has 0 radical (unpaired) electrons. The fraction of sp³-hybridized carbons (Fsp3) is 0.636. The van der Waals surface area contributed by atoms with Gasteiger partial charge in [-0.1, -0.05) is 18.6 Å². The molecule has 118 valence electrons. The molecule has 0 aliphatic carbocycles. The summed E-state index contributed by atoms with van der Waals surface area (Å²) >= 11 is 0. The number of aromatic nitrogens is 3. The van der Waals surface area contributed by atoms with E-state index < -0.39 is 35.5 Å². The number of nitrogens with one attached hydrogen (secondary N) is 1. The lowest BCUT2D eigenvalue weighted by Gasteiger charge is -2.16. The van der Waals surface area contributed by atoms with E-state index >= 15 is 0 Å². The van der Waals surface area contributed by atoms with Crippen LogP contribution in [0.1, 0.15) is 48.9 Å². The van der Waals surface area contributed by atoms with Crippen molar-refractivity contribution in [1.82, 2.24) is 20.3 Å². The SMILES string of the molecule is CCCCNC(=O)C(C)n1nnc(C(=O)O)c1C(F)(F)F. The molecular weight excluding hydrogens is 293 g/mol. The standard InChI is InChI=1S/C11H15F3N4O3/c1-3-4-5-15-9(19)6(2)18-8(11(12,13)14)7(10(20)21)16-17-18/h6H,3-5H2,1-2H3,(H,15,19)(H,20,21). The summed E-state index contributed by atoms with van der Waals surface area (Å²) in [7, 11) is 0. The molecule has 0 bridgehead atoms. The van der Waals surface area contributed by atoms with Gasteiger partial charge in [0.1, 0.15) is 6.04 Å². The van der Waals surface area contributed by atoms with Crippen LogP contribution in [0.4, 0.5) is 13.2 Å². The molecule has 0 spiro atoms. The fourth-order valence-electron chi connectivity index (χ4n) is 1.62. The van der Waals surface area contributed by atoms with E-state index in [1.807, 2.05) is 6.92 Å². The number of carbonyl (C=O) groups is 2. The smallest absolute Gasteiger partial charge is 0.435 e. The maximum atomic E-state index is 12.9. The second-order valence-corrected chi connectivity index (χ2v) is 4.35. The molecule has 1 aromatic rings. The largest absolute Gasteiger partial charge is 0.476 e. The average molecular weight is 308 g/mol. The van der Waals surface area contributed by atoms with Gasteiger partial charge >= 0.3 is 12.1 Å². The van der Waals surface area contributed by atoms with Crippen molar-refractivity contribution in [2.75, 3.05) is 6.54 Å². The van der Waals surface area contributed by atoms with Crippen molar-refractivity contribution in [2.24, 2.45) is 0 Å². The third-order valence-electron chi connectivity index (χ3n) is 2.74. The molecule has 1 atom stereocenters. The van der Waals surface area contributed by atoms with Crippen molar-refractivity contribution in [3.05, 3.63) is 11.4 Å². The van der Waals surface area contributed by atoms with Gasteiger partial charge in [-0.15, -0.1) is 5.10 Å². The lowest BCUT2D eigenvalue weighted by molar-refractivity contribution is -0.146. The number of aromatic carboxylic acids is 1. The molecule has 1 unspecified atom stereocenters. The Hall–Kier alpha value is -2.13. The summed E-state index contributed by atoms with van der Waals surface area (Å²) in [4.78, 5) is 22.5. The van der Waals surface area contributed by atoms with Crippen LogP contribution < -0.4 is 5.32 Å². The molecule has 21 heavy (non-hydrogen) atoms. The highest BCUT2D eigenvalue weighted by atomic mass is 19.4. The van der Waals surface area contributed by atoms with E-state index in [1.165, 1.54) is 6.92 Å². The lowest BCUT2D eigenvalue weighted by Crippen LogP contribution is -2.34. The van der Waals surface area contributed by atoms with Crippen LogP contribution >= 0.6 is 0 Å². The Bertz CT molecular complexity index is 527. The average Bonchev–Trinajstić information content (AvgIpc) is 2.82. The van der Waals surface area contributed by atoms with Gasteiger partial charge in [0, 0.05) is 6.54 Å². The molecule has 0 aromatic carbocycles. The Kier molecular flexibility index (Phi) is 5.28. The minimum atomic E-state index is -4.98. The normalized spacial score (nSPS) is 13.0. The molecule has 0 saturated carbocycles. The van der Waals surface area contributed by atoms with Crippen LogP contribution in [-0.2, 0) is 11.0 Å². The van der Waals surface area contributed by atoms with E-state index in [-0.39, 0.29) is 4.68 Å². The van der Waals surface area contributed by atoms with Gasteiger partial charge in [0.05, 0.1) is 0 Å². The number of carboxylic acids is 1. The Morgan fingerprint density at radius 2 is 2.05 bits per heavy atom. The Morgan fingerprint density at radius 1 is 1.43 bits per heavy atom. The number of carbonyl (C=O) groups excluding carboxylic acids is 1. The van der Waals surface area contributed by atoms with Crippen LogP contribution in [0, 0.1) is 0 Å². The van der Waals surface area contributed by atoms with Crippen molar-refractivity contribution >= 4 is 11.9 Å². The summed E-state index contributed by atoms with van der Waals surface area (Å²) in [6.45, 7) is 3.41. The van der Waals surface area contributed by atoms with Crippen molar-refractivity contribution < 1.29 is 27.9 Å². The number of hydrogen-bond acceptors (Lipinski definition) is 4. The zero-order valence-electron chi connectivity index (χ0n) is 11.4. The predicted octanol–water partition coefficient (Wildman–Crippen LogP) is 1.47. The van der Waals surface area contributed by atoms with Crippen LogP contribution in [0.3, 0.4) is 0 Å². The Balaban J connectivity index is 3.07. The van der Waals surface area contributed by atoms with Gasteiger partial charge in [-0.3, -0.25) is 4.79 Å². The molecule has 0 saturated heterocycles. The zero-order valence-corrected chi connectivity index (χ0v) is 11.4. The molecule has 1 amide bonds. The molecule has 7 nitrogen and oxygen atoms in total. The number of amides is 1. The first-order valence-electron chi connectivity index (χ1n) is 6.23. The van der Waals surface area contributed by atoms with Gasteiger partial charge in [-0.2, -0.15) is 13.2 Å². The van der Waals surface area contributed by atoms with Gasteiger partial charge in [-0.05, 0) is 13.3 Å². The number of rotatable bonds is 6. The number of carboxylic acid groups (broad SMARTS) is 1. The summed E-state index contributed by atoms with van der Waals surface area (Å²) in [6.07, 6.45) is -3.48. The second-order valence-electron chi connectivity index (χ2n) is 4.35. The van der Waals surface area contributed by atoms with Crippen LogP contribution in [-0.4, -0.2) is 38.5 Å². The highest BCUT2D eigenvalue weighted by Crippen LogP contribution is 2.32. The second kappa shape index (κ2) is 6.55. The quantitative estimate of drug-likeness (QED) is 0.776. The van der Waals surface area contributed by atoms with Crippen LogP contribution in [0.2, 0.25) is 0 Å².